The third kappa shape index (κ3) is 4.30. The molecule has 5 nitrogen and oxygen atoms in total. The Hall–Kier alpha value is -2.64. The van der Waals surface area contributed by atoms with E-state index in [1.165, 1.54) is 12.4 Å². The predicted octanol–water partition coefficient (Wildman–Crippen LogP) is 3.77. The number of rotatable bonds is 4. The topological polar surface area (TPSA) is 55.3 Å². The molecule has 0 unspecified atom stereocenters. The lowest BCUT2D eigenvalue weighted by Gasteiger charge is -2.30. The third-order valence-corrected chi connectivity index (χ3v) is 4.41. The molecule has 2 aromatic rings. The van der Waals surface area contributed by atoms with E-state index in [1.54, 1.807) is 25.1 Å². The summed E-state index contributed by atoms with van der Waals surface area (Å²) in [5.41, 5.74) is 1.67. The minimum absolute atomic E-state index is 0.0939. The second-order valence-corrected chi connectivity index (χ2v) is 6.25. The monoisotopic (exact) mass is 365 g/mol. The van der Waals surface area contributed by atoms with Gasteiger partial charge in [-0.05, 0) is 43.5 Å². The molecule has 0 spiro atoms. The highest BCUT2D eigenvalue weighted by molar-refractivity contribution is 5.65. The smallest absolute Gasteiger partial charge is 0.406 e. The Labute approximate surface area is 148 Å². The Kier molecular flexibility index (Phi) is 5.11. The maximum atomic E-state index is 12.4. The Morgan fingerprint density at radius 2 is 1.92 bits per heavy atom. The SMILES string of the molecule is Cc1cc(-c2cc(N3CCC(C=O)CC3)ncn2)ccc1OC(F)(F)F. The molecule has 0 bridgehead atoms. The van der Waals surface area contributed by atoms with Crippen molar-refractivity contribution in [3.05, 3.63) is 36.2 Å². The highest BCUT2D eigenvalue weighted by atomic mass is 19.4. The van der Waals surface area contributed by atoms with Crippen molar-refractivity contribution >= 4 is 12.1 Å². The van der Waals surface area contributed by atoms with Crippen LogP contribution in [0.3, 0.4) is 0 Å². The lowest BCUT2D eigenvalue weighted by Crippen LogP contribution is -2.34. The average Bonchev–Trinajstić information content (AvgIpc) is 2.62. The summed E-state index contributed by atoms with van der Waals surface area (Å²) in [5.74, 6) is 0.607. The van der Waals surface area contributed by atoms with Gasteiger partial charge in [0.25, 0.3) is 0 Å². The highest BCUT2D eigenvalue weighted by Crippen LogP contribution is 2.30. The van der Waals surface area contributed by atoms with E-state index in [0.29, 0.717) is 16.8 Å². The summed E-state index contributed by atoms with van der Waals surface area (Å²) in [7, 11) is 0. The first-order chi connectivity index (χ1) is 12.4. The first-order valence-electron chi connectivity index (χ1n) is 8.25. The Morgan fingerprint density at radius 1 is 1.19 bits per heavy atom. The molecular formula is C18H18F3N3O2. The van der Waals surface area contributed by atoms with Crippen LogP contribution in [0.4, 0.5) is 19.0 Å². The molecule has 26 heavy (non-hydrogen) atoms. The van der Waals surface area contributed by atoms with Gasteiger partial charge in [-0.25, -0.2) is 9.97 Å². The van der Waals surface area contributed by atoms with Crippen molar-refractivity contribution in [2.75, 3.05) is 18.0 Å². The number of carbonyl (C=O) groups excluding carboxylic acids is 1. The van der Waals surface area contributed by atoms with E-state index < -0.39 is 6.36 Å². The van der Waals surface area contributed by atoms with Crippen molar-refractivity contribution in [1.29, 1.82) is 0 Å². The number of halogens is 3. The molecule has 1 aromatic heterocycles. The fraction of sp³-hybridized carbons (Fsp3) is 0.389. The number of alkyl halides is 3. The standard InChI is InChI=1S/C18H18F3N3O2/c1-12-8-14(2-3-16(12)26-18(19,20)21)15-9-17(23-11-22-15)24-6-4-13(10-25)5-7-24/h2-3,8-11,13H,4-7H2,1H3. The van der Waals surface area contributed by atoms with Gasteiger partial charge in [-0.2, -0.15) is 0 Å². The van der Waals surface area contributed by atoms with Gasteiger partial charge in [0.1, 0.15) is 24.2 Å². The van der Waals surface area contributed by atoms with Crippen LogP contribution in [0.2, 0.25) is 0 Å². The molecule has 0 amide bonds. The van der Waals surface area contributed by atoms with Crippen LogP contribution in [0.1, 0.15) is 18.4 Å². The van der Waals surface area contributed by atoms with Crippen LogP contribution in [-0.4, -0.2) is 35.7 Å². The van der Waals surface area contributed by atoms with E-state index in [1.807, 2.05) is 0 Å². The van der Waals surface area contributed by atoms with Crippen LogP contribution >= 0.6 is 0 Å². The second kappa shape index (κ2) is 7.31. The van der Waals surface area contributed by atoms with Gasteiger partial charge in [0.15, 0.2) is 0 Å². The largest absolute Gasteiger partial charge is 0.573 e. The van der Waals surface area contributed by atoms with Crippen molar-refractivity contribution in [2.24, 2.45) is 5.92 Å². The van der Waals surface area contributed by atoms with Crippen LogP contribution in [0.5, 0.6) is 5.75 Å². The summed E-state index contributed by atoms with van der Waals surface area (Å²) in [6.07, 6.45) is -0.721. The van der Waals surface area contributed by atoms with Gasteiger partial charge in [-0.3, -0.25) is 0 Å². The van der Waals surface area contributed by atoms with Gasteiger partial charge in [0.2, 0.25) is 0 Å². The summed E-state index contributed by atoms with van der Waals surface area (Å²) in [6.45, 7) is 3.02. The molecule has 1 aliphatic rings. The minimum atomic E-state index is -4.72. The van der Waals surface area contributed by atoms with E-state index in [-0.39, 0.29) is 11.7 Å². The number of piperidine rings is 1. The van der Waals surface area contributed by atoms with Gasteiger partial charge in [-0.15, -0.1) is 13.2 Å². The molecule has 1 aliphatic heterocycles. The molecule has 8 heteroatoms. The Morgan fingerprint density at radius 3 is 2.54 bits per heavy atom. The second-order valence-electron chi connectivity index (χ2n) is 6.25. The Balaban J connectivity index is 1.80. The molecule has 1 aromatic carbocycles. The maximum absolute atomic E-state index is 12.4. The predicted molar refractivity (Wildman–Crippen MR) is 89.9 cm³/mol. The maximum Gasteiger partial charge on any atom is 0.573 e. The van der Waals surface area contributed by atoms with Crippen molar-refractivity contribution in [2.45, 2.75) is 26.1 Å². The number of aryl methyl sites for hydroxylation is 1. The highest BCUT2D eigenvalue weighted by Gasteiger charge is 2.31. The molecular weight excluding hydrogens is 347 g/mol. The molecule has 138 valence electrons. The summed E-state index contributed by atoms with van der Waals surface area (Å²) < 4.78 is 41.2. The van der Waals surface area contributed by atoms with Crippen LogP contribution in [-0.2, 0) is 4.79 Å². The van der Waals surface area contributed by atoms with Crippen LogP contribution in [0.15, 0.2) is 30.6 Å². The van der Waals surface area contributed by atoms with E-state index >= 15 is 0 Å². The summed E-state index contributed by atoms with van der Waals surface area (Å²) >= 11 is 0. The number of nitrogens with zero attached hydrogens (tertiary/aromatic N) is 3. The molecule has 1 fully saturated rings. The van der Waals surface area contributed by atoms with Gasteiger partial charge in [-0.1, -0.05) is 0 Å². The zero-order chi connectivity index (χ0) is 18.7. The first-order valence-corrected chi connectivity index (χ1v) is 8.25. The van der Waals surface area contributed by atoms with Crippen molar-refractivity contribution in [1.82, 2.24) is 9.97 Å². The number of carbonyl (C=O) groups is 1. The number of aldehydes is 1. The fourth-order valence-electron chi connectivity index (χ4n) is 2.99. The van der Waals surface area contributed by atoms with Gasteiger partial charge >= 0.3 is 6.36 Å². The van der Waals surface area contributed by atoms with Gasteiger partial charge in [0.05, 0.1) is 5.69 Å². The van der Waals surface area contributed by atoms with Crippen LogP contribution in [0, 0.1) is 12.8 Å². The lowest BCUT2D eigenvalue weighted by atomic mass is 9.98. The molecule has 2 heterocycles. The normalized spacial score (nSPS) is 15.8. The Bertz CT molecular complexity index is 787. The van der Waals surface area contributed by atoms with E-state index in [0.717, 1.165) is 38.0 Å². The fourth-order valence-corrected chi connectivity index (χ4v) is 2.99. The van der Waals surface area contributed by atoms with Gasteiger partial charge < -0.3 is 14.4 Å². The van der Waals surface area contributed by atoms with E-state index in [9.17, 15) is 18.0 Å². The molecule has 0 atom stereocenters. The minimum Gasteiger partial charge on any atom is -0.406 e. The third-order valence-electron chi connectivity index (χ3n) is 4.41. The molecule has 0 saturated carbocycles. The lowest BCUT2D eigenvalue weighted by molar-refractivity contribution is -0.274. The van der Waals surface area contributed by atoms with Crippen molar-refractivity contribution in [3.63, 3.8) is 0 Å². The number of ether oxygens (including phenoxy) is 1. The quantitative estimate of drug-likeness (QED) is 0.772. The first kappa shape index (κ1) is 18.2. The average molecular weight is 365 g/mol. The van der Waals surface area contributed by atoms with Gasteiger partial charge in [0, 0.05) is 30.6 Å². The van der Waals surface area contributed by atoms with Crippen LogP contribution in [0.25, 0.3) is 11.3 Å². The molecule has 1 saturated heterocycles. The van der Waals surface area contributed by atoms with E-state index in [4.69, 9.17) is 0 Å². The summed E-state index contributed by atoms with van der Waals surface area (Å²) in [6, 6.07) is 6.24. The van der Waals surface area contributed by atoms with Crippen molar-refractivity contribution in [3.8, 4) is 17.0 Å². The summed E-state index contributed by atoms with van der Waals surface area (Å²) in [5, 5.41) is 0. The molecule has 0 radical (unpaired) electrons. The number of hydrogen-bond acceptors (Lipinski definition) is 5. The zero-order valence-corrected chi connectivity index (χ0v) is 14.2. The number of anilines is 1. The van der Waals surface area contributed by atoms with E-state index in [2.05, 4.69) is 19.6 Å². The van der Waals surface area contributed by atoms with Crippen molar-refractivity contribution < 1.29 is 22.7 Å². The zero-order valence-electron chi connectivity index (χ0n) is 14.2. The molecule has 0 aliphatic carbocycles. The van der Waals surface area contributed by atoms with Crippen LogP contribution < -0.4 is 9.64 Å². The molecule has 0 N–H and O–H groups in total. The number of hydrogen-bond donors (Lipinski definition) is 0. The molecule has 3 rings (SSSR count). The summed E-state index contributed by atoms with van der Waals surface area (Å²) in [4.78, 5) is 21.5. The number of benzene rings is 1. The number of aromatic nitrogens is 2.